The van der Waals surface area contributed by atoms with Crippen molar-refractivity contribution in [1.82, 2.24) is 0 Å². The normalized spacial score (nSPS) is 31.0. The molecule has 3 heteroatoms. The van der Waals surface area contributed by atoms with E-state index in [0.29, 0.717) is 6.10 Å². The molecule has 0 aliphatic carbocycles. The zero-order chi connectivity index (χ0) is 15.0. The van der Waals surface area contributed by atoms with E-state index in [1.807, 2.05) is 6.92 Å². The lowest BCUT2D eigenvalue weighted by atomic mass is 9.79. The van der Waals surface area contributed by atoms with Gasteiger partial charge >= 0.3 is 5.97 Å². The second-order valence-electron chi connectivity index (χ2n) is 6.17. The number of benzene rings is 1. The molecule has 21 heavy (non-hydrogen) atoms. The molecule has 2 heterocycles. The Bertz CT molecular complexity index is 546. The monoisotopic (exact) mass is 286 g/mol. The number of allylic oxidation sites excluding steroid dienone is 1. The molecule has 1 aromatic rings. The molecule has 2 bridgehead atoms. The Morgan fingerprint density at radius 1 is 1.29 bits per heavy atom. The summed E-state index contributed by atoms with van der Waals surface area (Å²) >= 11 is 0. The van der Waals surface area contributed by atoms with Crippen LogP contribution in [0.25, 0.3) is 5.57 Å². The number of hydrogen-bond donors (Lipinski definition) is 0. The van der Waals surface area contributed by atoms with Gasteiger partial charge in [-0.1, -0.05) is 36.4 Å². The van der Waals surface area contributed by atoms with E-state index in [1.165, 1.54) is 12.7 Å². The highest BCUT2D eigenvalue weighted by Crippen LogP contribution is 2.45. The van der Waals surface area contributed by atoms with E-state index in [0.717, 1.165) is 30.4 Å². The molecule has 2 aliphatic rings. The van der Waals surface area contributed by atoms with Crippen LogP contribution in [0.1, 0.15) is 43.2 Å². The molecular formula is C18H22O3. The van der Waals surface area contributed by atoms with Crippen molar-refractivity contribution < 1.29 is 14.3 Å². The summed E-state index contributed by atoms with van der Waals surface area (Å²) in [6.45, 7) is 5.96. The molecule has 0 radical (unpaired) electrons. The summed E-state index contributed by atoms with van der Waals surface area (Å²) < 4.78 is 11.0. The van der Waals surface area contributed by atoms with Crippen LogP contribution >= 0.6 is 0 Å². The van der Waals surface area contributed by atoms with Crippen LogP contribution in [0, 0.1) is 5.92 Å². The van der Waals surface area contributed by atoms with Gasteiger partial charge in [0, 0.05) is 5.92 Å². The third kappa shape index (κ3) is 2.62. The maximum atomic E-state index is 12.2. The predicted molar refractivity (Wildman–Crippen MR) is 81.9 cm³/mol. The van der Waals surface area contributed by atoms with Gasteiger partial charge in [-0.3, -0.25) is 4.79 Å². The quantitative estimate of drug-likeness (QED) is 0.797. The molecule has 2 saturated heterocycles. The van der Waals surface area contributed by atoms with Crippen LogP contribution in [0.3, 0.4) is 0 Å². The third-order valence-electron chi connectivity index (χ3n) is 4.80. The van der Waals surface area contributed by atoms with E-state index in [9.17, 15) is 4.79 Å². The van der Waals surface area contributed by atoms with Crippen molar-refractivity contribution in [3.63, 3.8) is 0 Å². The molecule has 3 rings (SSSR count). The fourth-order valence-electron chi connectivity index (χ4n) is 3.67. The molecule has 0 aromatic heterocycles. The van der Waals surface area contributed by atoms with Crippen molar-refractivity contribution in [2.45, 2.75) is 44.3 Å². The van der Waals surface area contributed by atoms with Gasteiger partial charge in [0.1, 0.15) is 0 Å². The van der Waals surface area contributed by atoms with Gasteiger partial charge in [0.25, 0.3) is 0 Å². The fourth-order valence-corrected chi connectivity index (χ4v) is 3.67. The molecule has 2 aliphatic heterocycles. The van der Waals surface area contributed by atoms with Gasteiger partial charge in [-0.15, -0.1) is 0 Å². The maximum Gasteiger partial charge on any atom is 0.311 e. The molecule has 0 amide bonds. The number of rotatable bonds is 3. The van der Waals surface area contributed by atoms with E-state index in [1.54, 1.807) is 0 Å². The Morgan fingerprint density at radius 2 is 2.00 bits per heavy atom. The zero-order valence-corrected chi connectivity index (χ0v) is 12.7. The van der Waals surface area contributed by atoms with Gasteiger partial charge in [0.2, 0.25) is 0 Å². The largest absolute Gasteiger partial charge is 0.469 e. The zero-order valence-electron chi connectivity index (χ0n) is 12.7. The molecular weight excluding hydrogens is 264 g/mol. The highest BCUT2D eigenvalue weighted by atomic mass is 16.5. The number of hydrogen-bond acceptors (Lipinski definition) is 3. The summed E-state index contributed by atoms with van der Waals surface area (Å²) in [5.41, 5.74) is 3.40. The minimum absolute atomic E-state index is 0.0158. The highest BCUT2D eigenvalue weighted by Gasteiger charge is 2.47. The van der Waals surface area contributed by atoms with Crippen LogP contribution < -0.4 is 0 Å². The predicted octanol–water partition coefficient (Wildman–Crippen LogP) is 3.54. The number of fused-ring (bicyclic) bond motifs is 2. The summed E-state index contributed by atoms with van der Waals surface area (Å²) in [7, 11) is 1.46. The highest BCUT2D eigenvalue weighted by molar-refractivity contribution is 5.75. The smallest absolute Gasteiger partial charge is 0.311 e. The SMILES string of the molecule is C=C(C)c1ccc([C@H]2CC3CCC(O3)[C@H]2C(=O)OC)cc1. The van der Waals surface area contributed by atoms with Gasteiger partial charge in [0.15, 0.2) is 0 Å². The standard InChI is InChI=1S/C18H22O3/c1-11(2)12-4-6-13(7-5-12)15-10-14-8-9-16(21-14)17(15)18(19)20-3/h4-7,14-17H,1,8-10H2,2-3H3/t14?,15-,16?,17+/m1/s1. The van der Waals surface area contributed by atoms with Crippen molar-refractivity contribution in [1.29, 1.82) is 0 Å². The average Bonchev–Trinajstić information content (AvgIpc) is 2.88. The van der Waals surface area contributed by atoms with Crippen molar-refractivity contribution >= 4 is 11.5 Å². The number of esters is 1. The van der Waals surface area contributed by atoms with E-state index in [4.69, 9.17) is 9.47 Å². The molecule has 112 valence electrons. The Labute approximate surface area is 125 Å². The van der Waals surface area contributed by atoms with Gasteiger partial charge in [0.05, 0.1) is 25.2 Å². The lowest BCUT2D eigenvalue weighted by Crippen LogP contribution is -2.39. The van der Waals surface area contributed by atoms with Crippen LogP contribution in [0.4, 0.5) is 0 Å². The topological polar surface area (TPSA) is 35.5 Å². The van der Waals surface area contributed by atoms with E-state index in [-0.39, 0.29) is 23.9 Å². The lowest BCUT2D eigenvalue weighted by molar-refractivity contribution is -0.156. The van der Waals surface area contributed by atoms with Crippen LogP contribution in [-0.4, -0.2) is 25.3 Å². The second kappa shape index (κ2) is 5.64. The van der Waals surface area contributed by atoms with Crippen LogP contribution in [-0.2, 0) is 14.3 Å². The Hall–Kier alpha value is -1.61. The summed E-state index contributed by atoms with van der Waals surface area (Å²) in [5, 5.41) is 0. The van der Waals surface area contributed by atoms with Crippen LogP contribution in [0.2, 0.25) is 0 Å². The molecule has 0 saturated carbocycles. The number of carbonyl (C=O) groups is 1. The van der Waals surface area contributed by atoms with Crippen molar-refractivity contribution in [3.05, 3.63) is 42.0 Å². The number of methoxy groups -OCH3 is 1. The number of carbonyl (C=O) groups excluding carboxylic acids is 1. The Morgan fingerprint density at radius 3 is 2.62 bits per heavy atom. The van der Waals surface area contributed by atoms with Gasteiger partial charge in [-0.05, 0) is 37.3 Å². The molecule has 2 unspecified atom stereocenters. The summed E-state index contributed by atoms with van der Waals surface area (Å²) in [6.07, 6.45) is 3.23. The second-order valence-corrected chi connectivity index (χ2v) is 6.17. The third-order valence-corrected chi connectivity index (χ3v) is 4.80. The van der Waals surface area contributed by atoms with Crippen molar-refractivity contribution in [2.24, 2.45) is 5.92 Å². The van der Waals surface area contributed by atoms with Crippen LogP contribution in [0.15, 0.2) is 30.8 Å². The average molecular weight is 286 g/mol. The van der Waals surface area contributed by atoms with Gasteiger partial charge in [-0.2, -0.15) is 0 Å². The van der Waals surface area contributed by atoms with Crippen LogP contribution in [0.5, 0.6) is 0 Å². The number of ether oxygens (including phenoxy) is 2. The lowest BCUT2D eigenvalue weighted by Gasteiger charge is -2.35. The molecule has 0 spiro atoms. The molecule has 4 atom stereocenters. The molecule has 0 N–H and O–H groups in total. The van der Waals surface area contributed by atoms with Crippen molar-refractivity contribution in [2.75, 3.05) is 7.11 Å². The molecule has 3 nitrogen and oxygen atoms in total. The van der Waals surface area contributed by atoms with E-state index in [2.05, 4.69) is 30.8 Å². The van der Waals surface area contributed by atoms with E-state index < -0.39 is 0 Å². The first-order valence-electron chi connectivity index (χ1n) is 7.59. The summed E-state index contributed by atoms with van der Waals surface area (Å²) in [6, 6.07) is 8.41. The van der Waals surface area contributed by atoms with Gasteiger partial charge in [-0.25, -0.2) is 0 Å². The first-order valence-corrected chi connectivity index (χ1v) is 7.59. The first kappa shape index (κ1) is 14.3. The summed E-state index contributed by atoms with van der Waals surface area (Å²) in [5.74, 6) is -0.123. The Balaban J connectivity index is 1.90. The van der Waals surface area contributed by atoms with E-state index >= 15 is 0 Å². The molecule has 2 fully saturated rings. The molecule has 1 aromatic carbocycles. The minimum Gasteiger partial charge on any atom is -0.469 e. The minimum atomic E-state index is -0.176. The first-order chi connectivity index (χ1) is 10.1. The fraction of sp³-hybridized carbons (Fsp3) is 0.500. The Kier molecular flexibility index (Phi) is 3.85. The van der Waals surface area contributed by atoms with Crippen molar-refractivity contribution in [3.8, 4) is 0 Å². The van der Waals surface area contributed by atoms with Gasteiger partial charge < -0.3 is 9.47 Å². The summed E-state index contributed by atoms with van der Waals surface area (Å²) in [4.78, 5) is 12.2. The maximum absolute atomic E-state index is 12.2.